The molecule has 0 N–H and O–H groups in total. The molecule has 4 rings (SSSR count). The summed E-state index contributed by atoms with van der Waals surface area (Å²) in [6.45, 7) is -0.0424. The summed E-state index contributed by atoms with van der Waals surface area (Å²) in [5.41, 5.74) is 0.214. The second-order valence-corrected chi connectivity index (χ2v) is 8.72. The molecule has 8 heteroatoms. The van der Waals surface area contributed by atoms with Crippen molar-refractivity contribution in [2.45, 2.75) is 30.8 Å². The van der Waals surface area contributed by atoms with E-state index in [1.807, 2.05) is 0 Å². The first kappa shape index (κ1) is 18.8. The minimum Gasteiger partial charge on any atom is -0.248 e. The molecule has 0 amide bonds. The first-order chi connectivity index (χ1) is 12.8. The fraction of sp³-hybridized carbons (Fsp3) is 0.368. The lowest BCUT2D eigenvalue weighted by Crippen LogP contribution is -2.47. The Bertz CT molecular complexity index is 964. The SMILES string of the molecule is O=S1(=O)OC[C@@H]2C[C@@](c3ccc(Cl)cc3)(c3cc(F)ccc3F)CC[C@@H]2O1. The monoisotopic (exact) mass is 414 g/mol. The van der Waals surface area contributed by atoms with Crippen molar-refractivity contribution in [1.29, 1.82) is 0 Å². The lowest BCUT2D eigenvalue weighted by molar-refractivity contribution is -0.00704. The van der Waals surface area contributed by atoms with Crippen molar-refractivity contribution in [3.05, 3.63) is 70.2 Å². The number of rotatable bonds is 2. The summed E-state index contributed by atoms with van der Waals surface area (Å²) in [5.74, 6) is -1.30. The van der Waals surface area contributed by atoms with Crippen LogP contribution in [0, 0.1) is 17.6 Å². The van der Waals surface area contributed by atoms with Crippen LogP contribution in [0.2, 0.25) is 5.02 Å². The van der Waals surface area contributed by atoms with Gasteiger partial charge in [-0.3, -0.25) is 0 Å². The van der Waals surface area contributed by atoms with E-state index in [1.54, 1.807) is 24.3 Å². The normalized spacial score (nSPS) is 29.9. The molecule has 144 valence electrons. The molecular weight excluding hydrogens is 398 g/mol. The van der Waals surface area contributed by atoms with Crippen molar-refractivity contribution < 1.29 is 25.6 Å². The zero-order valence-corrected chi connectivity index (χ0v) is 15.8. The third-order valence-electron chi connectivity index (χ3n) is 5.50. The van der Waals surface area contributed by atoms with Gasteiger partial charge in [0.25, 0.3) is 0 Å². The van der Waals surface area contributed by atoms with Gasteiger partial charge in [-0.15, -0.1) is 0 Å². The predicted molar refractivity (Wildman–Crippen MR) is 95.7 cm³/mol. The number of halogens is 3. The van der Waals surface area contributed by atoms with Gasteiger partial charge in [-0.2, -0.15) is 8.42 Å². The van der Waals surface area contributed by atoms with Gasteiger partial charge in [0.2, 0.25) is 0 Å². The largest absolute Gasteiger partial charge is 0.400 e. The molecule has 27 heavy (non-hydrogen) atoms. The number of fused-ring (bicyclic) bond motifs is 1. The smallest absolute Gasteiger partial charge is 0.248 e. The zero-order valence-electron chi connectivity index (χ0n) is 14.2. The first-order valence-electron chi connectivity index (χ1n) is 8.58. The number of benzene rings is 2. The maximum Gasteiger partial charge on any atom is 0.400 e. The van der Waals surface area contributed by atoms with E-state index in [9.17, 15) is 17.2 Å². The van der Waals surface area contributed by atoms with Crippen LogP contribution < -0.4 is 0 Å². The quantitative estimate of drug-likeness (QED) is 0.732. The summed E-state index contributed by atoms with van der Waals surface area (Å²) in [6, 6.07) is 10.4. The van der Waals surface area contributed by atoms with Crippen LogP contribution in [0.25, 0.3) is 0 Å². The average molecular weight is 415 g/mol. The Kier molecular flexibility index (Phi) is 4.74. The van der Waals surface area contributed by atoms with E-state index in [4.69, 9.17) is 20.0 Å². The van der Waals surface area contributed by atoms with Crippen molar-refractivity contribution in [1.82, 2.24) is 0 Å². The van der Waals surface area contributed by atoms with Crippen molar-refractivity contribution in [3.8, 4) is 0 Å². The van der Waals surface area contributed by atoms with Gasteiger partial charge in [0, 0.05) is 21.9 Å². The molecule has 2 aromatic rings. The minimum atomic E-state index is -3.99. The molecule has 3 atom stereocenters. The summed E-state index contributed by atoms with van der Waals surface area (Å²) in [4.78, 5) is 0. The summed E-state index contributed by atoms with van der Waals surface area (Å²) in [6.07, 6.45) is 0.632. The Morgan fingerprint density at radius 1 is 1.11 bits per heavy atom. The first-order valence-corrected chi connectivity index (χ1v) is 10.3. The van der Waals surface area contributed by atoms with E-state index < -0.39 is 33.6 Å². The van der Waals surface area contributed by atoms with Crippen LogP contribution in [0.5, 0.6) is 0 Å². The summed E-state index contributed by atoms with van der Waals surface area (Å²) in [7, 11) is -3.99. The van der Waals surface area contributed by atoms with E-state index in [2.05, 4.69) is 0 Å². The van der Waals surface area contributed by atoms with Crippen LogP contribution in [-0.2, 0) is 24.2 Å². The van der Waals surface area contributed by atoms with Crippen LogP contribution in [0.1, 0.15) is 30.4 Å². The highest BCUT2D eigenvalue weighted by Crippen LogP contribution is 2.50. The second-order valence-electron chi connectivity index (χ2n) is 7.04. The molecule has 4 nitrogen and oxygen atoms in total. The van der Waals surface area contributed by atoms with Gasteiger partial charge in [0.05, 0.1) is 12.7 Å². The van der Waals surface area contributed by atoms with E-state index in [0.29, 0.717) is 24.3 Å². The van der Waals surface area contributed by atoms with E-state index in [0.717, 1.165) is 17.7 Å². The highest BCUT2D eigenvalue weighted by Gasteiger charge is 2.48. The standard InChI is InChI=1S/C19H17ClF2O4S/c20-14-3-1-13(2-4-14)19(16-9-15(21)5-6-17(16)22)8-7-18-12(10-19)11-25-27(23,24)26-18/h1-6,9,12,18H,7-8,10-11H2/t12-,18-,19-/m0/s1. The van der Waals surface area contributed by atoms with E-state index in [-0.39, 0.29) is 18.1 Å². The lowest BCUT2D eigenvalue weighted by Gasteiger charge is -2.46. The maximum absolute atomic E-state index is 14.8. The fourth-order valence-corrected chi connectivity index (χ4v) is 5.32. The Balaban J connectivity index is 1.81. The van der Waals surface area contributed by atoms with Crippen LogP contribution in [0.4, 0.5) is 8.78 Å². The average Bonchev–Trinajstić information content (AvgIpc) is 2.63. The summed E-state index contributed by atoms with van der Waals surface area (Å²) in [5, 5.41) is 0.540. The van der Waals surface area contributed by atoms with Crippen LogP contribution in [-0.4, -0.2) is 21.1 Å². The molecule has 1 aliphatic carbocycles. The van der Waals surface area contributed by atoms with Gasteiger partial charge in [0.15, 0.2) is 0 Å². The highest BCUT2D eigenvalue weighted by molar-refractivity contribution is 7.81. The molecule has 0 aromatic heterocycles. The van der Waals surface area contributed by atoms with Crippen LogP contribution in [0.15, 0.2) is 42.5 Å². The zero-order chi connectivity index (χ0) is 19.2. The topological polar surface area (TPSA) is 52.6 Å². The molecule has 1 saturated heterocycles. The minimum absolute atomic E-state index is 0.0424. The van der Waals surface area contributed by atoms with Crippen molar-refractivity contribution >= 4 is 22.0 Å². The van der Waals surface area contributed by atoms with Gasteiger partial charge in [0.1, 0.15) is 11.6 Å². The van der Waals surface area contributed by atoms with Crippen molar-refractivity contribution in [2.24, 2.45) is 5.92 Å². The Labute approximate surface area is 161 Å². The third-order valence-corrected chi connectivity index (χ3v) is 6.66. The number of hydrogen-bond acceptors (Lipinski definition) is 4. The van der Waals surface area contributed by atoms with E-state index >= 15 is 0 Å². The van der Waals surface area contributed by atoms with Gasteiger partial charge < -0.3 is 0 Å². The van der Waals surface area contributed by atoms with Gasteiger partial charge >= 0.3 is 10.4 Å². The predicted octanol–water partition coefficient (Wildman–Crippen LogP) is 4.36. The molecule has 0 bridgehead atoms. The molecule has 2 fully saturated rings. The summed E-state index contributed by atoms with van der Waals surface area (Å²) >= 11 is 6.00. The Hall–Kier alpha value is -1.54. The molecule has 2 aromatic carbocycles. The molecule has 0 spiro atoms. The fourth-order valence-electron chi connectivity index (χ4n) is 4.24. The van der Waals surface area contributed by atoms with Crippen LogP contribution in [0.3, 0.4) is 0 Å². The molecule has 0 unspecified atom stereocenters. The Morgan fingerprint density at radius 3 is 2.59 bits per heavy atom. The van der Waals surface area contributed by atoms with Crippen molar-refractivity contribution in [3.63, 3.8) is 0 Å². The highest BCUT2D eigenvalue weighted by atomic mass is 35.5. The third kappa shape index (κ3) is 3.49. The molecule has 1 heterocycles. The van der Waals surface area contributed by atoms with E-state index in [1.165, 1.54) is 6.07 Å². The van der Waals surface area contributed by atoms with Gasteiger partial charge in [-0.1, -0.05) is 23.7 Å². The summed E-state index contributed by atoms with van der Waals surface area (Å²) < 4.78 is 61.8. The molecule has 1 aliphatic heterocycles. The molecule has 1 saturated carbocycles. The molecule has 0 radical (unpaired) electrons. The second kappa shape index (κ2) is 6.81. The van der Waals surface area contributed by atoms with Crippen LogP contribution >= 0.6 is 11.6 Å². The van der Waals surface area contributed by atoms with Gasteiger partial charge in [-0.05, 0) is 55.2 Å². The maximum atomic E-state index is 14.8. The molecule has 2 aliphatic rings. The molecular formula is C19H17ClF2O4S. The van der Waals surface area contributed by atoms with Crippen molar-refractivity contribution in [2.75, 3.05) is 6.61 Å². The number of hydrogen-bond donors (Lipinski definition) is 0. The lowest BCUT2D eigenvalue weighted by atomic mass is 9.61. The Morgan fingerprint density at radius 2 is 1.85 bits per heavy atom. The van der Waals surface area contributed by atoms with Gasteiger partial charge in [-0.25, -0.2) is 17.1 Å².